The normalized spacial score (nSPS) is 15.8. The molecule has 40 heavy (non-hydrogen) atoms. The summed E-state index contributed by atoms with van der Waals surface area (Å²) in [4.78, 5) is 30.5. The van der Waals surface area contributed by atoms with Crippen LogP contribution in [0.2, 0.25) is 5.02 Å². The minimum atomic E-state index is -0.781. The van der Waals surface area contributed by atoms with Crippen LogP contribution in [0.25, 0.3) is 5.65 Å². The molecule has 10 nitrogen and oxygen atoms in total. The third-order valence-electron chi connectivity index (χ3n) is 7.09. The highest BCUT2D eigenvalue weighted by Gasteiger charge is 2.29. The van der Waals surface area contributed by atoms with Crippen molar-refractivity contribution in [3.63, 3.8) is 0 Å². The van der Waals surface area contributed by atoms with Crippen molar-refractivity contribution in [2.75, 3.05) is 6.54 Å². The van der Waals surface area contributed by atoms with E-state index in [1.54, 1.807) is 0 Å². The number of aromatic nitrogens is 3. The molecule has 6 rings (SSSR count). The Morgan fingerprint density at radius 3 is 2.75 bits per heavy atom. The van der Waals surface area contributed by atoms with E-state index in [2.05, 4.69) is 36.2 Å². The van der Waals surface area contributed by atoms with E-state index in [4.69, 9.17) is 11.6 Å². The quantitative estimate of drug-likeness (QED) is 0.359. The summed E-state index contributed by atoms with van der Waals surface area (Å²) in [5.41, 5.74) is 5.04. The van der Waals surface area contributed by atoms with Gasteiger partial charge in [0.15, 0.2) is 11.5 Å². The van der Waals surface area contributed by atoms with Crippen molar-refractivity contribution in [2.24, 2.45) is 15.4 Å². The highest BCUT2D eigenvalue weighted by molar-refractivity contribution is 6.30. The second-order valence-electron chi connectivity index (χ2n) is 9.49. The number of rotatable bonds is 6. The molecule has 0 saturated heterocycles. The number of benzene rings is 2. The van der Waals surface area contributed by atoms with Gasteiger partial charge in [0.2, 0.25) is 0 Å². The van der Waals surface area contributed by atoms with Crippen molar-refractivity contribution in [2.45, 2.75) is 32.4 Å². The van der Waals surface area contributed by atoms with Crippen LogP contribution in [0.5, 0.6) is 0 Å². The van der Waals surface area contributed by atoms with Gasteiger partial charge >= 0.3 is 0 Å². The number of carbonyl (C=O) groups is 2. The van der Waals surface area contributed by atoms with Crippen LogP contribution < -0.4 is 10.6 Å². The number of halogens is 3. The highest BCUT2D eigenvalue weighted by Crippen LogP contribution is 2.35. The molecule has 0 radical (unpaired) electrons. The molecule has 0 fully saturated rings. The van der Waals surface area contributed by atoms with Crippen molar-refractivity contribution in [3.05, 3.63) is 98.5 Å². The van der Waals surface area contributed by atoms with Crippen LogP contribution in [0.15, 0.2) is 58.0 Å². The summed E-state index contributed by atoms with van der Waals surface area (Å²) in [6.07, 6.45) is 2.36. The lowest BCUT2D eigenvalue weighted by Gasteiger charge is -2.17. The van der Waals surface area contributed by atoms with Crippen molar-refractivity contribution in [3.8, 4) is 0 Å². The molecule has 0 unspecified atom stereocenters. The van der Waals surface area contributed by atoms with Crippen LogP contribution in [-0.2, 0) is 13.0 Å². The van der Waals surface area contributed by atoms with Gasteiger partial charge in [-0.2, -0.15) is 10.2 Å². The number of hydrogen-bond donors (Lipinski definition) is 2. The van der Waals surface area contributed by atoms with E-state index in [0.717, 1.165) is 45.1 Å². The molecule has 3 heterocycles. The lowest BCUT2D eigenvalue weighted by Crippen LogP contribution is -2.30. The summed E-state index contributed by atoms with van der Waals surface area (Å²) >= 11 is 5.81. The average Bonchev–Trinajstić information content (AvgIpc) is 3.70. The molecule has 2 aromatic carbocycles. The molecule has 1 atom stereocenters. The standard InChI is InChI=1S/C27H21ClF2N8O2/c1-13-15-5-7-21(17(15)4-3-16(13)23-12-32-37-36-23)35-27(40)24-9-22(34-25-20(30)11-33-38(24)25)26(39)31-10-14-2-6-19(29)18(28)8-14/h2-4,6,8-9,11,21H,5,7,10,12H2,1H3,(H,31,39)(H,35,40)/t21-/m0/s1. The fourth-order valence-electron chi connectivity index (χ4n) is 5.07. The van der Waals surface area contributed by atoms with E-state index in [1.165, 1.54) is 24.3 Å². The molecule has 2 N–H and O–H groups in total. The Labute approximate surface area is 231 Å². The van der Waals surface area contributed by atoms with Gasteiger partial charge in [0.1, 0.15) is 23.7 Å². The van der Waals surface area contributed by atoms with Crippen LogP contribution in [-0.4, -0.2) is 38.7 Å². The molecule has 1 aliphatic heterocycles. The third-order valence-corrected chi connectivity index (χ3v) is 7.38. The molecular formula is C27H21ClF2N8O2. The number of fused-ring (bicyclic) bond motifs is 2. The van der Waals surface area contributed by atoms with Gasteiger partial charge < -0.3 is 10.6 Å². The second kappa shape index (κ2) is 10.2. The average molecular weight is 563 g/mol. The van der Waals surface area contributed by atoms with E-state index < -0.39 is 23.4 Å². The minimum Gasteiger partial charge on any atom is -0.347 e. The first kappa shape index (κ1) is 25.7. The van der Waals surface area contributed by atoms with Gasteiger partial charge in [0, 0.05) is 18.2 Å². The van der Waals surface area contributed by atoms with Crippen molar-refractivity contribution in [1.29, 1.82) is 0 Å². The molecule has 13 heteroatoms. The third kappa shape index (κ3) is 4.60. The van der Waals surface area contributed by atoms with Gasteiger partial charge in [-0.3, -0.25) is 9.59 Å². The number of nitrogens with one attached hydrogen (secondary N) is 2. The largest absolute Gasteiger partial charge is 0.347 e. The first-order valence-electron chi connectivity index (χ1n) is 12.4. The molecule has 202 valence electrons. The number of hydrogen-bond acceptors (Lipinski definition) is 7. The van der Waals surface area contributed by atoms with Crippen LogP contribution in [0.4, 0.5) is 8.78 Å². The van der Waals surface area contributed by atoms with Crippen LogP contribution in [0.1, 0.15) is 61.3 Å². The maximum absolute atomic E-state index is 14.5. The first-order valence-corrected chi connectivity index (χ1v) is 12.8. The van der Waals surface area contributed by atoms with Crippen LogP contribution >= 0.6 is 11.6 Å². The Morgan fingerprint density at radius 1 is 1.12 bits per heavy atom. The lowest BCUT2D eigenvalue weighted by atomic mass is 9.95. The topological polar surface area (TPSA) is 125 Å². The van der Waals surface area contributed by atoms with E-state index in [1.807, 2.05) is 19.1 Å². The summed E-state index contributed by atoms with van der Waals surface area (Å²) < 4.78 is 29.0. The number of carbonyl (C=O) groups excluding carboxylic acids is 2. The van der Waals surface area contributed by atoms with E-state index in [0.29, 0.717) is 18.5 Å². The zero-order valence-electron chi connectivity index (χ0n) is 21.1. The summed E-state index contributed by atoms with van der Waals surface area (Å²) in [5.74, 6) is -2.55. The molecule has 2 amide bonds. The zero-order chi connectivity index (χ0) is 28.0. The maximum atomic E-state index is 14.5. The van der Waals surface area contributed by atoms with Crippen LogP contribution in [0.3, 0.4) is 0 Å². The SMILES string of the molecule is Cc1c(C2=NN=NC2)ccc2c1CC[C@@H]2NC(=O)c1cc(C(=O)NCc2ccc(F)c(Cl)c2)nc2c(F)cnn12. The predicted octanol–water partition coefficient (Wildman–Crippen LogP) is 4.49. The summed E-state index contributed by atoms with van der Waals surface area (Å²) in [6.45, 7) is 2.47. The Balaban J connectivity index is 1.25. The van der Waals surface area contributed by atoms with Gasteiger partial charge in [-0.25, -0.2) is 18.3 Å². The van der Waals surface area contributed by atoms with Crippen molar-refractivity contribution < 1.29 is 18.4 Å². The summed E-state index contributed by atoms with van der Waals surface area (Å²) in [5, 5.41) is 21.2. The van der Waals surface area contributed by atoms with Gasteiger partial charge in [0.25, 0.3) is 11.8 Å². The molecule has 2 aromatic heterocycles. The van der Waals surface area contributed by atoms with Gasteiger partial charge in [0.05, 0.1) is 23.0 Å². The Hall–Kier alpha value is -4.58. The van der Waals surface area contributed by atoms with Crippen molar-refractivity contribution in [1.82, 2.24) is 25.2 Å². The van der Waals surface area contributed by atoms with E-state index >= 15 is 0 Å². The van der Waals surface area contributed by atoms with Gasteiger partial charge in [-0.15, -0.1) is 5.10 Å². The molecule has 0 saturated carbocycles. The Morgan fingerprint density at radius 2 is 1.98 bits per heavy atom. The smallest absolute Gasteiger partial charge is 0.270 e. The maximum Gasteiger partial charge on any atom is 0.270 e. The monoisotopic (exact) mass is 562 g/mol. The molecule has 0 bridgehead atoms. The van der Waals surface area contributed by atoms with Gasteiger partial charge in [-0.1, -0.05) is 29.8 Å². The molecule has 4 aromatic rings. The minimum absolute atomic E-state index is 0.0176. The predicted molar refractivity (Wildman–Crippen MR) is 141 cm³/mol. The zero-order valence-corrected chi connectivity index (χ0v) is 21.8. The number of amides is 2. The Kier molecular flexibility index (Phi) is 6.54. The molecule has 2 aliphatic rings. The fraction of sp³-hybridized carbons (Fsp3) is 0.222. The highest BCUT2D eigenvalue weighted by atomic mass is 35.5. The number of nitrogens with zero attached hydrogens (tertiary/aromatic N) is 6. The van der Waals surface area contributed by atoms with E-state index in [-0.39, 0.29) is 34.6 Å². The fourth-order valence-corrected chi connectivity index (χ4v) is 5.27. The van der Waals surface area contributed by atoms with Gasteiger partial charge in [-0.05, 0) is 59.4 Å². The first-order chi connectivity index (χ1) is 19.3. The summed E-state index contributed by atoms with van der Waals surface area (Å²) in [6, 6.07) is 8.94. The van der Waals surface area contributed by atoms with Crippen molar-refractivity contribution >= 4 is 34.8 Å². The van der Waals surface area contributed by atoms with E-state index in [9.17, 15) is 18.4 Å². The molecular weight excluding hydrogens is 542 g/mol. The molecule has 1 aliphatic carbocycles. The second-order valence-corrected chi connectivity index (χ2v) is 9.90. The Bertz CT molecular complexity index is 1770. The molecule has 0 spiro atoms. The van der Waals surface area contributed by atoms with Crippen LogP contribution in [0, 0.1) is 18.6 Å². The summed E-state index contributed by atoms with van der Waals surface area (Å²) in [7, 11) is 0. The lowest BCUT2D eigenvalue weighted by molar-refractivity contribution is 0.0929.